The first-order valence-corrected chi connectivity index (χ1v) is 12.5. The zero-order valence-corrected chi connectivity index (χ0v) is 20.8. The Morgan fingerprint density at radius 2 is 2.00 bits per heavy atom. The summed E-state index contributed by atoms with van der Waals surface area (Å²) in [6.07, 6.45) is 3.76. The van der Waals surface area contributed by atoms with Gasteiger partial charge in [-0.05, 0) is 57.1 Å². The van der Waals surface area contributed by atoms with Gasteiger partial charge in [0, 0.05) is 20.2 Å². The van der Waals surface area contributed by atoms with E-state index in [1.54, 1.807) is 18.0 Å². The van der Waals surface area contributed by atoms with Gasteiger partial charge >= 0.3 is 0 Å². The van der Waals surface area contributed by atoms with Gasteiger partial charge in [0.1, 0.15) is 11.6 Å². The number of likely N-dealkylation sites (tertiary alicyclic amines) is 1. The fourth-order valence-electron chi connectivity index (χ4n) is 6.37. The highest BCUT2D eigenvalue weighted by molar-refractivity contribution is 6.34. The lowest BCUT2D eigenvalue weighted by molar-refractivity contribution is -0.145. The molecule has 3 fully saturated rings. The molecule has 0 aromatic heterocycles. The van der Waals surface area contributed by atoms with Crippen molar-refractivity contribution in [2.24, 2.45) is 11.8 Å². The molecule has 1 aromatic carbocycles. The number of hydrogen-bond donors (Lipinski definition) is 3. The average Bonchev–Trinajstić information content (AvgIpc) is 3.42. The molecule has 1 aromatic rings. The second-order valence-corrected chi connectivity index (χ2v) is 10.1. The second kappa shape index (κ2) is 9.47. The Hall–Kier alpha value is -2.16. The lowest BCUT2D eigenvalue weighted by Gasteiger charge is -2.33. The standard InChI is InChI=1S/C25H34ClN3O5/c1-4-24-11-12-25(34-24)18(17(24)21(31)27-3)23(33)29(13-6-5-7-14-30)20(25)22(32)28-19-15(2)9-8-10-16(19)26/h8-10,17-18,20,30H,4-7,11-14H2,1-3H3,(H,27,31)(H,28,32)/t17-,18-,20?,24+,25?/m0/s1. The van der Waals surface area contributed by atoms with Gasteiger partial charge in [0.05, 0.1) is 28.1 Å². The molecule has 3 saturated heterocycles. The molecule has 5 atom stereocenters. The second-order valence-electron chi connectivity index (χ2n) is 9.68. The maximum Gasteiger partial charge on any atom is 0.250 e. The van der Waals surface area contributed by atoms with Crippen LogP contribution in [0.1, 0.15) is 51.0 Å². The number of hydrogen-bond acceptors (Lipinski definition) is 5. The van der Waals surface area contributed by atoms with E-state index in [1.807, 2.05) is 26.0 Å². The fourth-order valence-corrected chi connectivity index (χ4v) is 6.63. The number of unbranched alkanes of at least 4 members (excludes halogenated alkanes) is 2. The van der Waals surface area contributed by atoms with E-state index in [2.05, 4.69) is 10.6 Å². The van der Waals surface area contributed by atoms with Crippen molar-refractivity contribution < 1.29 is 24.2 Å². The molecule has 2 bridgehead atoms. The van der Waals surface area contributed by atoms with Gasteiger partial charge in [0.25, 0.3) is 0 Å². The number of carbonyl (C=O) groups is 3. The van der Waals surface area contributed by atoms with Crippen LogP contribution in [0.25, 0.3) is 0 Å². The maximum atomic E-state index is 13.8. The molecule has 3 aliphatic heterocycles. The third-order valence-corrected chi connectivity index (χ3v) is 8.30. The van der Waals surface area contributed by atoms with Gasteiger partial charge < -0.3 is 25.4 Å². The van der Waals surface area contributed by atoms with E-state index in [0.717, 1.165) is 12.0 Å². The van der Waals surface area contributed by atoms with Crippen LogP contribution in [-0.4, -0.2) is 65.2 Å². The van der Waals surface area contributed by atoms with E-state index < -0.39 is 29.1 Å². The zero-order chi connectivity index (χ0) is 24.7. The number of para-hydroxylation sites is 1. The minimum Gasteiger partial charge on any atom is -0.396 e. The summed E-state index contributed by atoms with van der Waals surface area (Å²) < 4.78 is 6.66. The van der Waals surface area contributed by atoms with Crippen molar-refractivity contribution in [3.05, 3.63) is 28.8 Å². The number of benzene rings is 1. The lowest BCUT2D eigenvalue weighted by atomic mass is 9.65. The Morgan fingerprint density at radius 1 is 1.24 bits per heavy atom. The van der Waals surface area contributed by atoms with Gasteiger partial charge in [-0.15, -0.1) is 0 Å². The monoisotopic (exact) mass is 491 g/mol. The lowest BCUT2D eigenvalue weighted by Crippen LogP contribution is -2.53. The molecule has 9 heteroatoms. The number of fused-ring (bicyclic) bond motifs is 1. The molecule has 3 amide bonds. The van der Waals surface area contributed by atoms with E-state index in [1.165, 1.54) is 0 Å². The minimum atomic E-state index is -1.06. The van der Waals surface area contributed by atoms with Crippen LogP contribution >= 0.6 is 11.6 Å². The van der Waals surface area contributed by atoms with Crippen LogP contribution in [0.5, 0.6) is 0 Å². The van der Waals surface area contributed by atoms with E-state index >= 15 is 0 Å². The van der Waals surface area contributed by atoms with E-state index in [-0.39, 0.29) is 24.3 Å². The van der Waals surface area contributed by atoms with Crippen molar-refractivity contribution in [3.8, 4) is 0 Å². The van der Waals surface area contributed by atoms with Crippen molar-refractivity contribution in [2.45, 2.75) is 69.6 Å². The summed E-state index contributed by atoms with van der Waals surface area (Å²) in [7, 11) is 1.57. The normalized spacial score (nSPS) is 31.6. The van der Waals surface area contributed by atoms with E-state index in [4.69, 9.17) is 21.4 Å². The first kappa shape index (κ1) is 24.9. The summed E-state index contributed by atoms with van der Waals surface area (Å²) in [5.41, 5.74) is -0.469. The summed E-state index contributed by atoms with van der Waals surface area (Å²) in [5.74, 6) is -2.11. The molecule has 3 heterocycles. The fraction of sp³-hybridized carbons (Fsp3) is 0.640. The van der Waals surface area contributed by atoms with Crippen LogP contribution in [0.15, 0.2) is 18.2 Å². The predicted molar refractivity (Wildman–Crippen MR) is 128 cm³/mol. The highest BCUT2D eigenvalue weighted by Crippen LogP contribution is 2.64. The van der Waals surface area contributed by atoms with Gasteiger partial charge in [-0.3, -0.25) is 14.4 Å². The summed E-state index contributed by atoms with van der Waals surface area (Å²) in [4.78, 5) is 42.3. The van der Waals surface area contributed by atoms with Gasteiger partial charge in [-0.2, -0.15) is 0 Å². The molecule has 2 unspecified atom stereocenters. The number of nitrogens with zero attached hydrogens (tertiary/aromatic N) is 1. The number of anilines is 1. The zero-order valence-electron chi connectivity index (χ0n) is 20.0. The van der Waals surface area contributed by atoms with Crippen molar-refractivity contribution in [2.75, 3.05) is 25.5 Å². The van der Waals surface area contributed by atoms with E-state index in [9.17, 15) is 14.4 Å². The number of aliphatic hydroxyl groups is 1. The number of ether oxygens (including phenoxy) is 1. The van der Waals surface area contributed by atoms with Crippen LogP contribution in [0.4, 0.5) is 5.69 Å². The van der Waals surface area contributed by atoms with Crippen LogP contribution in [0.2, 0.25) is 5.02 Å². The Kier molecular flexibility index (Phi) is 6.95. The quantitative estimate of drug-likeness (QED) is 0.460. The van der Waals surface area contributed by atoms with Gasteiger partial charge in [-0.25, -0.2) is 0 Å². The highest BCUT2D eigenvalue weighted by atomic mass is 35.5. The number of nitrogens with one attached hydrogen (secondary N) is 2. The molecular weight excluding hydrogens is 458 g/mol. The summed E-state index contributed by atoms with van der Waals surface area (Å²) >= 11 is 6.38. The minimum absolute atomic E-state index is 0.0804. The van der Waals surface area contributed by atoms with Crippen LogP contribution < -0.4 is 10.6 Å². The largest absolute Gasteiger partial charge is 0.396 e. The number of rotatable bonds is 9. The van der Waals surface area contributed by atoms with Crippen LogP contribution in [-0.2, 0) is 19.1 Å². The third-order valence-electron chi connectivity index (χ3n) is 7.99. The van der Waals surface area contributed by atoms with Gasteiger partial charge in [0.2, 0.25) is 17.7 Å². The molecule has 0 saturated carbocycles. The smallest absolute Gasteiger partial charge is 0.250 e. The number of aryl methyl sites for hydroxylation is 1. The molecule has 3 N–H and O–H groups in total. The first-order valence-electron chi connectivity index (χ1n) is 12.2. The first-order chi connectivity index (χ1) is 16.3. The molecule has 4 rings (SSSR count). The van der Waals surface area contributed by atoms with Crippen LogP contribution in [0, 0.1) is 18.8 Å². The summed E-state index contributed by atoms with van der Waals surface area (Å²) in [6, 6.07) is 4.52. The molecular formula is C25H34ClN3O5. The average molecular weight is 492 g/mol. The topological polar surface area (TPSA) is 108 Å². The van der Waals surface area contributed by atoms with Crippen LogP contribution in [0.3, 0.4) is 0 Å². The number of amides is 3. The molecule has 34 heavy (non-hydrogen) atoms. The predicted octanol–water partition coefficient (Wildman–Crippen LogP) is 2.65. The van der Waals surface area contributed by atoms with Crippen molar-refractivity contribution in [1.29, 1.82) is 0 Å². The Labute approximate surface area is 205 Å². The molecule has 3 aliphatic rings. The van der Waals surface area contributed by atoms with Crippen molar-refractivity contribution in [3.63, 3.8) is 0 Å². The Balaban J connectivity index is 1.73. The Bertz CT molecular complexity index is 967. The molecule has 186 valence electrons. The molecule has 0 radical (unpaired) electrons. The molecule has 1 spiro atoms. The van der Waals surface area contributed by atoms with Crippen molar-refractivity contribution in [1.82, 2.24) is 10.2 Å². The number of aliphatic hydroxyl groups excluding tert-OH is 1. The third kappa shape index (κ3) is 3.71. The van der Waals surface area contributed by atoms with Crippen molar-refractivity contribution >= 4 is 35.0 Å². The SMILES string of the molecule is CC[C@]12CCC3(O1)C(C(=O)Nc1c(C)cccc1Cl)N(CCCCCO)C(=O)[C@@H]3[C@H]2C(=O)NC. The molecule has 8 nitrogen and oxygen atoms in total. The maximum absolute atomic E-state index is 13.8. The highest BCUT2D eigenvalue weighted by Gasteiger charge is 2.78. The summed E-state index contributed by atoms with van der Waals surface area (Å²) in [5, 5.41) is 15.2. The summed E-state index contributed by atoms with van der Waals surface area (Å²) in [6.45, 7) is 4.27. The molecule has 0 aliphatic carbocycles. The number of carbonyl (C=O) groups excluding carboxylic acids is 3. The Morgan fingerprint density at radius 3 is 2.65 bits per heavy atom. The van der Waals surface area contributed by atoms with Gasteiger partial charge in [-0.1, -0.05) is 30.7 Å². The van der Waals surface area contributed by atoms with E-state index in [0.29, 0.717) is 49.4 Å². The van der Waals surface area contributed by atoms with Gasteiger partial charge in [0.15, 0.2) is 0 Å². The number of halogens is 1.